The Hall–Kier alpha value is -4.00. The van der Waals surface area contributed by atoms with E-state index in [4.69, 9.17) is 13.9 Å². The molecular weight excluding hydrogens is 410 g/mol. The van der Waals surface area contributed by atoms with E-state index in [9.17, 15) is 14.7 Å². The molecule has 2 aromatic carbocycles. The van der Waals surface area contributed by atoms with Crippen molar-refractivity contribution in [1.82, 2.24) is 0 Å². The Kier molecular flexibility index (Phi) is 5.48. The van der Waals surface area contributed by atoms with Crippen LogP contribution >= 0.6 is 0 Å². The molecule has 1 amide bonds. The number of aliphatic hydroxyl groups excluding tert-OH is 1. The highest BCUT2D eigenvalue weighted by atomic mass is 16.5. The summed E-state index contributed by atoms with van der Waals surface area (Å²) in [6, 6.07) is 12.9. The number of nitrogens with zero attached hydrogens (tertiary/aromatic N) is 1. The van der Waals surface area contributed by atoms with E-state index < -0.39 is 23.5 Å². The Morgan fingerprint density at radius 1 is 0.969 bits per heavy atom. The fourth-order valence-corrected chi connectivity index (χ4v) is 4.01. The van der Waals surface area contributed by atoms with Crippen molar-refractivity contribution in [3.63, 3.8) is 0 Å². The number of ether oxygens (including phenoxy) is 2. The van der Waals surface area contributed by atoms with Crippen LogP contribution < -0.4 is 14.4 Å². The third-order valence-corrected chi connectivity index (χ3v) is 5.76. The number of aliphatic hydroxyl groups is 1. The number of carbonyl (C=O) groups excluding carboxylic acids is 2. The van der Waals surface area contributed by atoms with E-state index >= 15 is 0 Å². The Morgan fingerprint density at radius 3 is 2.22 bits per heavy atom. The molecule has 0 radical (unpaired) electrons. The van der Waals surface area contributed by atoms with Gasteiger partial charge in [0, 0.05) is 5.69 Å². The molecule has 164 valence electrons. The molecule has 1 aliphatic rings. The molecule has 1 N–H and O–H groups in total. The van der Waals surface area contributed by atoms with Crippen LogP contribution in [0.3, 0.4) is 0 Å². The molecule has 0 spiro atoms. The van der Waals surface area contributed by atoms with E-state index in [1.165, 1.54) is 25.4 Å². The monoisotopic (exact) mass is 433 g/mol. The number of Topliss-reactive ketones (excluding diaryl/α,β-unsaturated/α-hetero) is 1. The average Bonchev–Trinajstić information content (AvgIpc) is 3.42. The summed E-state index contributed by atoms with van der Waals surface area (Å²) in [7, 11) is 2.90. The number of benzene rings is 2. The zero-order valence-corrected chi connectivity index (χ0v) is 18.2. The lowest BCUT2D eigenvalue weighted by Gasteiger charge is -2.25. The maximum absolute atomic E-state index is 13.3. The molecule has 1 fully saturated rings. The summed E-state index contributed by atoms with van der Waals surface area (Å²) >= 11 is 0. The molecule has 7 nitrogen and oxygen atoms in total. The summed E-state index contributed by atoms with van der Waals surface area (Å²) in [6.07, 6.45) is 1.46. The van der Waals surface area contributed by atoms with E-state index in [0.717, 1.165) is 11.1 Å². The van der Waals surface area contributed by atoms with Crippen molar-refractivity contribution >= 4 is 23.1 Å². The second kappa shape index (κ2) is 8.26. The van der Waals surface area contributed by atoms with Crippen LogP contribution in [-0.4, -0.2) is 31.0 Å². The van der Waals surface area contributed by atoms with Gasteiger partial charge in [-0.05, 0) is 55.3 Å². The minimum Gasteiger partial charge on any atom is -0.506 e. The SMILES string of the molecule is COc1cccc(OC)c1/C(O)=C1\C(=O)C(=O)N(c2cccc(C)c2C)C1c1ccco1. The topological polar surface area (TPSA) is 89.2 Å². The summed E-state index contributed by atoms with van der Waals surface area (Å²) < 4.78 is 16.4. The molecule has 3 aromatic rings. The van der Waals surface area contributed by atoms with Gasteiger partial charge >= 0.3 is 0 Å². The van der Waals surface area contributed by atoms with Crippen LogP contribution in [0.2, 0.25) is 0 Å². The number of hydrogen-bond donors (Lipinski definition) is 1. The first-order chi connectivity index (χ1) is 15.4. The van der Waals surface area contributed by atoms with Gasteiger partial charge in [0.15, 0.2) is 0 Å². The molecule has 1 atom stereocenters. The molecule has 2 heterocycles. The predicted octanol–water partition coefficient (Wildman–Crippen LogP) is 4.54. The van der Waals surface area contributed by atoms with Gasteiger partial charge in [0.25, 0.3) is 11.7 Å². The third-order valence-electron chi connectivity index (χ3n) is 5.76. The second-order valence-corrected chi connectivity index (χ2v) is 7.44. The zero-order chi connectivity index (χ0) is 23.0. The van der Waals surface area contributed by atoms with Crippen molar-refractivity contribution < 1.29 is 28.6 Å². The molecular formula is C25H23NO6. The summed E-state index contributed by atoms with van der Waals surface area (Å²) in [5.41, 5.74) is 2.47. The van der Waals surface area contributed by atoms with Crippen LogP contribution in [-0.2, 0) is 9.59 Å². The Labute approximate surface area is 185 Å². The predicted molar refractivity (Wildman–Crippen MR) is 119 cm³/mol. The Bertz CT molecular complexity index is 1200. The lowest BCUT2D eigenvalue weighted by atomic mass is 9.97. The van der Waals surface area contributed by atoms with Crippen molar-refractivity contribution in [3.05, 3.63) is 82.8 Å². The molecule has 1 aromatic heterocycles. The van der Waals surface area contributed by atoms with Crippen LogP contribution in [0.4, 0.5) is 5.69 Å². The van der Waals surface area contributed by atoms with Crippen molar-refractivity contribution in [2.24, 2.45) is 0 Å². The van der Waals surface area contributed by atoms with E-state index in [0.29, 0.717) is 22.9 Å². The lowest BCUT2D eigenvalue weighted by Crippen LogP contribution is -2.30. The number of anilines is 1. The van der Waals surface area contributed by atoms with Crippen molar-refractivity contribution in [2.75, 3.05) is 19.1 Å². The van der Waals surface area contributed by atoms with E-state index in [1.807, 2.05) is 26.0 Å². The quantitative estimate of drug-likeness (QED) is 0.361. The van der Waals surface area contributed by atoms with Crippen LogP contribution in [0.15, 0.2) is 64.8 Å². The van der Waals surface area contributed by atoms with Gasteiger partial charge in [0.2, 0.25) is 0 Å². The first kappa shape index (κ1) is 21.2. The number of aryl methyl sites for hydroxylation is 1. The Morgan fingerprint density at radius 2 is 1.62 bits per heavy atom. The normalized spacial score (nSPS) is 17.6. The molecule has 0 bridgehead atoms. The fraction of sp³-hybridized carbons (Fsp3) is 0.200. The van der Waals surface area contributed by atoms with Crippen LogP contribution in [0, 0.1) is 13.8 Å². The number of methoxy groups -OCH3 is 2. The smallest absolute Gasteiger partial charge is 0.300 e. The molecule has 1 aliphatic heterocycles. The maximum atomic E-state index is 13.3. The van der Waals surface area contributed by atoms with Gasteiger partial charge in [-0.25, -0.2) is 0 Å². The first-order valence-electron chi connectivity index (χ1n) is 10.0. The molecule has 0 aliphatic carbocycles. The summed E-state index contributed by atoms with van der Waals surface area (Å²) in [4.78, 5) is 27.9. The van der Waals surface area contributed by atoms with E-state index in [2.05, 4.69) is 0 Å². The number of carbonyl (C=O) groups is 2. The number of hydrogen-bond acceptors (Lipinski definition) is 6. The first-order valence-corrected chi connectivity index (χ1v) is 10.0. The second-order valence-electron chi connectivity index (χ2n) is 7.44. The lowest BCUT2D eigenvalue weighted by molar-refractivity contribution is -0.132. The molecule has 7 heteroatoms. The van der Waals surface area contributed by atoms with Gasteiger partial charge in [-0.3, -0.25) is 14.5 Å². The highest BCUT2D eigenvalue weighted by molar-refractivity contribution is 6.51. The van der Waals surface area contributed by atoms with Gasteiger partial charge in [0.1, 0.15) is 34.6 Å². The molecule has 4 rings (SSSR count). The molecule has 32 heavy (non-hydrogen) atoms. The summed E-state index contributed by atoms with van der Waals surface area (Å²) in [5, 5.41) is 11.4. The minimum atomic E-state index is -0.958. The molecule has 0 saturated carbocycles. The molecule has 1 saturated heterocycles. The standard InChI is InChI=1S/C25H23NO6/c1-14-8-5-9-16(15(14)2)26-22(19-12-7-13-32-19)21(24(28)25(26)29)23(27)20-17(30-3)10-6-11-18(20)31-4/h5-13,22,27H,1-4H3/b23-21+. The van der Waals surface area contributed by atoms with Gasteiger partial charge in [-0.2, -0.15) is 0 Å². The maximum Gasteiger partial charge on any atom is 0.300 e. The minimum absolute atomic E-state index is 0.103. The zero-order valence-electron chi connectivity index (χ0n) is 18.2. The van der Waals surface area contributed by atoms with Gasteiger partial charge in [0.05, 0.1) is 26.1 Å². The summed E-state index contributed by atoms with van der Waals surface area (Å²) in [6.45, 7) is 3.81. The van der Waals surface area contributed by atoms with Gasteiger partial charge in [-0.1, -0.05) is 18.2 Å². The van der Waals surface area contributed by atoms with Gasteiger partial charge in [-0.15, -0.1) is 0 Å². The van der Waals surface area contributed by atoms with Crippen LogP contribution in [0.1, 0.15) is 28.5 Å². The summed E-state index contributed by atoms with van der Waals surface area (Å²) in [5.74, 6) is -1.02. The fourth-order valence-electron chi connectivity index (χ4n) is 4.01. The van der Waals surface area contributed by atoms with E-state index in [-0.39, 0.29) is 11.1 Å². The highest BCUT2D eigenvalue weighted by Crippen LogP contribution is 2.46. The van der Waals surface area contributed by atoms with Crippen LogP contribution in [0.25, 0.3) is 5.76 Å². The van der Waals surface area contributed by atoms with E-state index in [1.54, 1.807) is 36.4 Å². The van der Waals surface area contributed by atoms with Crippen molar-refractivity contribution in [1.29, 1.82) is 0 Å². The van der Waals surface area contributed by atoms with Crippen molar-refractivity contribution in [3.8, 4) is 11.5 Å². The Balaban J connectivity index is 2.02. The highest BCUT2D eigenvalue weighted by Gasteiger charge is 2.49. The number of furan rings is 1. The number of amides is 1. The van der Waals surface area contributed by atoms with Crippen molar-refractivity contribution in [2.45, 2.75) is 19.9 Å². The van der Waals surface area contributed by atoms with Crippen LogP contribution in [0.5, 0.6) is 11.5 Å². The largest absolute Gasteiger partial charge is 0.506 e. The molecule has 1 unspecified atom stereocenters. The number of ketones is 1. The van der Waals surface area contributed by atoms with Gasteiger partial charge < -0.3 is 19.0 Å². The average molecular weight is 433 g/mol. The third kappa shape index (κ3) is 3.22. The number of rotatable bonds is 5.